The summed E-state index contributed by atoms with van der Waals surface area (Å²) in [5.74, 6) is 0.00340. The molecular formula is C20H21N5O. The van der Waals surface area contributed by atoms with Crippen molar-refractivity contribution in [2.75, 3.05) is 0 Å². The molecule has 26 heavy (non-hydrogen) atoms. The maximum absolute atomic E-state index is 12.9. The van der Waals surface area contributed by atoms with Gasteiger partial charge in [-0.05, 0) is 43.0 Å². The van der Waals surface area contributed by atoms with Gasteiger partial charge in [0, 0.05) is 37.2 Å². The van der Waals surface area contributed by atoms with Crippen LogP contribution in [0, 0.1) is 6.92 Å². The molecule has 1 fully saturated rings. The van der Waals surface area contributed by atoms with Gasteiger partial charge in [-0.3, -0.25) is 9.78 Å². The summed E-state index contributed by atoms with van der Waals surface area (Å²) < 4.78 is 2.18. The molecule has 0 unspecified atom stereocenters. The first-order chi connectivity index (χ1) is 12.7. The average Bonchev–Trinajstić information content (AvgIpc) is 3.38. The maximum atomic E-state index is 12.9. The fourth-order valence-corrected chi connectivity index (χ4v) is 4.21. The smallest absolute Gasteiger partial charge is 0.256 e. The van der Waals surface area contributed by atoms with Gasteiger partial charge in [0.2, 0.25) is 0 Å². The summed E-state index contributed by atoms with van der Waals surface area (Å²) >= 11 is 0. The summed E-state index contributed by atoms with van der Waals surface area (Å²) in [6, 6.07) is 4.44. The molecule has 1 saturated carbocycles. The van der Waals surface area contributed by atoms with Crippen molar-refractivity contribution < 1.29 is 4.79 Å². The van der Waals surface area contributed by atoms with Gasteiger partial charge >= 0.3 is 0 Å². The fourth-order valence-electron chi connectivity index (χ4n) is 4.21. The number of nitrogens with zero attached hydrogens (tertiary/aromatic N) is 5. The molecule has 5 rings (SSSR count). The highest BCUT2D eigenvalue weighted by Gasteiger charge is 2.26. The highest BCUT2D eigenvalue weighted by Crippen LogP contribution is 2.31. The van der Waals surface area contributed by atoms with Crippen molar-refractivity contribution in [3.63, 3.8) is 0 Å². The topological polar surface area (TPSA) is 63.9 Å². The minimum Gasteiger partial charge on any atom is -0.330 e. The van der Waals surface area contributed by atoms with Crippen molar-refractivity contribution in [3.05, 3.63) is 53.2 Å². The number of fused-ring (bicyclic) bond motifs is 2. The Morgan fingerprint density at radius 2 is 1.85 bits per heavy atom. The van der Waals surface area contributed by atoms with Gasteiger partial charge in [0.1, 0.15) is 5.52 Å². The SMILES string of the molecule is Cc1cc2c(cn1)CN(C(=O)c1cnc3c(c1)ncn3C1CCCC1)C2. The molecule has 0 bridgehead atoms. The molecule has 0 saturated heterocycles. The van der Waals surface area contributed by atoms with Crippen molar-refractivity contribution in [3.8, 4) is 0 Å². The Morgan fingerprint density at radius 3 is 2.69 bits per heavy atom. The number of hydrogen-bond acceptors (Lipinski definition) is 4. The molecule has 4 heterocycles. The van der Waals surface area contributed by atoms with Crippen LogP contribution in [-0.4, -0.2) is 30.3 Å². The minimum absolute atomic E-state index is 0.00340. The van der Waals surface area contributed by atoms with Crippen molar-refractivity contribution >= 4 is 17.1 Å². The Labute approximate surface area is 151 Å². The summed E-state index contributed by atoms with van der Waals surface area (Å²) in [5, 5.41) is 0. The predicted molar refractivity (Wildman–Crippen MR) is 97.6 cm³/mol. The third-order valence-corrected chi connectivity index (χ3v) is 5.61. The summed E-state index contributed by atoms with van der Waals surface area (Å²) in [7, 11) is 0. The lowest BCUT2D eigenvalue weighted by atomic mass is 10.2. The lowest BCUT2D eigenvalue weighted by molar-refractivity contribution is 0.0751. The first kappa shape index (κ1) is 15.5. The number of aromatic nitrogens is 4. The van der Waals surface area contributed by atoms with Crippen LogP contribution in [0.5, 0.6) is 0 Å². The zero-order chi connectivity index (χ0) is 17.7. The van der Waals surface area contributed by atoms with E-state index in [1.807, 2.05) is 30.4 Å². The van der Waals surface area contributed by atoms with Crippen LogP contribution < -0.4 is 0 Å². The third kappa shape index (κ3) is 2.48. The predicted octanol–water partition coefficient (Wildman–Crippen LogP) is 3.41. The van der Waals surface area contributed by atoms with Crippen LogP contribution in [-0.2, 0) is 13.1 Å². The lowest BCUT2D eigenvalue weighted by Gasteiger charge is -2.15. The summed E-state index contributed by atoms with van der Waals surface area (Å²) in [6.07, 6.45) is 10.4. The molecule has 0 aromatic carbocycles. The average molecular weight is 347 g/mol. The number of rotatable bonds is 2. The number of carbonyl (C=O) groups is 1. The van der Waals surface area contributed by atoms with Crippen molar-refractivity contribution in [2.24, 2.45) is 0 Å². The molecule has 1 aliphatic heterocycles. The van der Waals surface area contributed by atoms with E-state index in [1.54, 1.807) is 6.20 Å². The van der Waals surface area contributed by atoms with Crippen LogP contribution in [0.3, 0.4) is 0 Å². The second-order valence-electron chi connectivity index (χ2n) is 7.41. The van der Waals surface area contributed by atoms with E-state index in [0.29, 0.717) is 24.7 Å². The minimum atomic E-state index is 0.00340. The molecule has 6 heteroatoms. The standard InChI is InChI=1S/C20H21N5O/c1-13-6-15-10-24(11-16(15)9-21-13)20(26)14-7-18-19(22-8-14)25(12-23-18)17-4-2-3-5-17/h6-9,12,17H,2-5,10-11H2,1H3. The molecule has 3 aromatic heterocycles. The summed E-state index contributed by atoms with van der Waals surface area (Å²) in [4.78, 5) is 28.2. The van der Waals surface area contributed by atoms with E-state index >= 15 is 0 Å². The Bertz CT molecular complexity index is 1000. The van der Waals surface area contributed by atoms with Crippen LogP contribution in [0.25, 0.3) is 11.2 Å². The van der Waals surface area contributed by atoms with Gasteiger partial charge < -0.3 is 9.47 Å². The third-order valence-electron chi connectivity index (χ3n) is 5.61. The zero-order valence-corrected chi connectivity index (χ0v) is 14.9. The first-order valence-corrected chi connectivity index (χ1v) is 9.25. The monoisotopic (exact) mass is 347 g/mol. The van der Waals surface area contributed by atoms with Gasteiger partial charge in [-0.2, -0.15) is 0 Å². The number of hydrogen-bond donors (Lipinski definition) is 0. The molecule has 0 spiro atoms. The quantitative estimate of drug-likeness (QED) is 0.713. The molecule has 0 atom stereocenters. The molecular weight excluding hydrogens is 326 g/mol. The van der Waals surface area contributed by atoms with Gasteiger partial charge in [-0.1, -0.05) is 12.8 Å². The van der Waals surface area contributed by atoms with E-state index in [0.717, 1.165) is 22.4 Å². The molecule has 1 amide bonds. The van der Waals surface area contributed by atoms with Crippen LogP contribution in [0.15, 0.2) is 30.9 Å². The number of pyridine rings is 2. The zero-order valence-electron chi connectivity index (χ0n) is 14.9. The molecule has 3 aromatic rings. The second-order valence-corrected chi connectivity index (χ2v) is 7.41. The van der Waals surface area contributed by atoms with Crippen LogP contribution in [0.1, 0.15) is 58.9 Å². The molecule has 0 radical (unpaired) electrons. The molecule has 132 valence electrons. The molecule has 6 nitrogen and oxygen atoms in total. The summed E-state index contributed by atoms with van der Waals surface area (Å²) in [6.45, 7) is 3.21. The highest BCUT2D eigenvalue weighted by atomic mass is 16.2. The van der Waals surface area contributed by atoms with E-state index < -0.39 is 0 Å². The Morgan fingerprint density at radius 1 is 1.04 bits per heavy atom. The van der Waals surface area contributed by atoms with Gasteiger partial charge in [-0.15, -0.1) is 0 Å². The number of amides is 1. The van der Waals surface area contributed by atoms with E-state index in [9.17, 15) is 4.79 Å². The van der Waals surface area contributed by atoms with Gasteiger partial charge in [0.15, 0.2) is 5.65 Å². The van der Waals surface area contributed by atoms with Crippen molar-refractivity contribution in [1.82, 2.24) is 24.4 Å². The van der Waals surface area contributed by atoms with Crippen LogP contribution in [0.2, 0.25) is 0 Å². The van der Waals surface area contributed by atoms with Gasteiger partial charge in [0.05, 0.1) is 11.9 Å². The normalized spacial score (nSPS) is 17.2. The number of imidazole rings is 1. The fraction of sp³-hybridized carbons (Fsp3) is 0.400. The molecule has 0 N–H and O–H groups in total. The van der Waals surface area contributed by atoms with Crippen molar-refractivity contribution in [1.29, 1.82) is 0 Å². The van der Waals surface area contributed by atoms with Crippen molar-refractivity contribution in [2.45, 2.75) is 51.7 Å². The Balaban J connectivity index is 1.42. The van der Waals surface area contributed by atoms with Gasteiger partial charge in [0.25, 0.3) is 5.91 Å². The first-order valence-electron chi connectivity index (χ1n) is 9.25. The van der Waals surface area contributed by atoms with E-state index in [2.05, 4.69) is 25.6 Å². The van der Waals surface area contributed by atoms with E-state index in [1.165, 1.54) is 31.2 Å². The molecule has 1 aliphatic carbocycles. The second kappa shape index (κ2) is 5.90. The summed E-state index contributed by atoms with van der Waals surface area (Å²) in [5.41, 5.74) is 5.59. The van der Waals surface area contributed by atoms with Crippen LogP contribution >= 0.6 is 0 Å². The Hall–Kier alpha value is -2.76. The van der Waals surface area contributed by atoms with Gasteiger partial charge in [-0.25, -0.2) is 9.97 Å². The number of carbonyl (C=O) groups excluding carboxylic acids is 1. The molecule has 2 aliphatic rings. The Kier molecular flexibility index (Phi) is 3.51. The maximum Gasteiger partial charge on any atom is 0.256 e. The van der Waals surface area contributed by atoms with Crippen LogP contribution in [0.4, 0.5) is 0 Å². The largest absolute Gasteiger partial charge is 0.330 e. The van der Waals surface area contributed by atoms with E-state index in [4.69, 9.17) is 0 Å². The highest BCUT2D eigenvalue weighted by molar-refractivity contribution is 5.96. The number of aryl methyl sites for hydroxylation is 1. The van der Waals surface area contributed by atoms with E-state index in [-0.39, 0.29) is 5.91 Å². The lowest BCUT2D eigenvalue weighted by Crippen LogP contribution is -2.25.